The molecule has 0 saturated heterocycles. The van der Waals surface area contributed by atoms with Gasteiger partial charge in [-0.25, -0.2) is 9.97 Å². The van der Waals surface area contributed by atoms with Crippen LogP contribution < -0.4 is 0 Å². The van der Waals surface area contributed by atoms with Crippen molar-refractivity contribution in [3.8, 4) is 11.4 Å². The average Bonchev–Trinajstić information content (AvgIpc) is 3.55. The van der Waals surface area contributed by atoms with Gasteiger partial charge in [0.25, 0.3) is 0 Å². The molecule has 0 N–H and O–H groups in total. The summed E-state index contributed by atoms with van der Waals surface area (Å²) in [7, 11) is 0. The monoisotopic (exact) mass is 458 g/mol. The molecule has 0 atom stereocenters. The lowest BCUT2D eigenvalue weighted by Crippen LogP contribution is -1.95. The maximum absolute atomic E-state index is 5.01. The molecule has 1 aromatic carbocycles. The largest absolute Gasteiger partial charge is 0.264 e. The summed E-state index contributed by atoms with van der Waals surface area (Å²) in [6.07, 6.45) is 7.02. The molecule has 5 heterocycles. The minimum atomic E-state index is 0.707. The maximum Gasteiger partial charge on any atom is 0.217 e. The van der Waals surface area contributed by atoms with Crippen molar-refractivity contribution in [3.05, 3.63) is 59.2 Å². The summed E-state index contributed by atoms with van der Waals surface area (Å²) in [5, 5.41) is 11.9. The summed E-state index contributed by atoms with van der Waals surface area (Å²) in [6, 6.07) is 12.3. The van der Waals surface area contributed by atoms with Crippen LogP contribution in [0.3, 0.4) is 0 Å². The lowest BCUT2D eigenvalue weighted by atomic mass is 10.2. The molecule has 1 aliphatic carbocycles. The Morgan fingerprint density at radius 1 is 0.968 bits per heavy atom. The first-order valence-corrected chi connectivity index (χ1v) is 12.4. The molecule has 1 aliphatic rings. The van der Waals surface area contributed by atoms with Gasteiger partial charge in [-0.3, -0.25) is 9.38 Å². The van der Waals surface area contributed by atoms with E-state index >= 15 is 0 Å². The number of rotatable bonds is 3. The molecule has 0 fully saturated rings. The number of thiophene rings is 1. The Kier molecular flexibility index (Phi) is 3.90. The van der Waals surface area contributed by atoms with E-state index in [2.05, 4.69) is 43.8 Å². The van der Waals surface area contributed by atoms with Gasteiger partial charge in [-0.1, -0.05) is 23.5 Å². The summed E-state index contributed by atoms with van der Waals surface area (Å²) >= 11 is 5.04. The summed E-state index contributed by atoms with van der Waals surface area (Å²) in [5.74, 6) is 0.707. The molecule has 5 aromatic heterocycles. The Morgan fingerprint density at radius 2 is 1.94 bits per heavy atom. The molecule has 0 spiro atoms. The van der Waals surface area contributed by atoms with Crippen molar-refractivity contribution in [2.75, 3.05) is 0 Å². The topological polar surface area (TPSA) is 68.9 Å². The third-order valence-electron chi connectivity index (χ3n) is 5.55. The molecule has 7 rings (SSSR count). The van der Waals surface area contributed by atoms with Crippen LogP contribution in [-0.4, -0.2) is 29.5 Å². The van der Waals surface area contributed by atoms with Crippen LogP contribution in [0.2, 0.25) is 0 Å². The fraction of sp³-hybridized carbons (Fsp3) is 0.136. The van der Waals surface area contributed by atoms with Crippen LogP contribution >= 0.6 is 34.4 Å². The van der Waals surface area contributed by atoms with Crippen molar-refractivity contribution in [3.63, 3.8) is 0 Å². The molecule has 0 saturated carbocycles. The summed E-state index contributed by atoms with van der Waals surface area (Å²) in [5.41, 5.74) is 3.46. The number of hydrogen-bond donors (Lipinski definition) is 0. The average molecular weight is 459 g/mol. The van der Waals surface area contributed by atoms with Crippen molar-refractivity contribution in [2.45, 2.75) is 29.4 Å². The number of aromatic nitrogens is 6. The molecule has 0 aliphatic heterocycles. The van der Waals surface area contributed by atoms with Crippen molar-refractivity contribution < 1.29 is 0 Å². The van der Waals surface area contributed by atoms with Crippen LogP contribution in [0, 0.1) is 0 Å². The minimum absolute atomic E-state index is 0.707. The standard InChI is InChI=1S/C22H14N6S3/c1-2-8-16-14(7-1)28-21(30-16)26-27-22(28)31-20-17-13-6-3-9-15(13)29-19(17)24-18(25-20)12-5-4-10-23-11-12/h1-2,4-5,7-8,10-11H,3,6,9H2. The second-order valence-electron chi connectivity index (χ2n) is 7.40. The van der Waals surface area contributed by atoms with Gasteiger partial charge in [0, 0.05) is 28.2 Å². The van der Waals surface area contributed by atoms with Gasteiger partial charge < -0.3 is 0 Å². The maximum atomic E-state index is 5.01. The Bertz CT molecular complexity index is 1600. The first-order valence-electron chi connectivity index (χ1n) is 9.98. The predicted molar refractivity (Wildman–Crippen MR) is 125 cm³/mol. The second-order valence-corrected chi connectivity index (χ2v) is 10.5. The highest BCUT2D eigenvalue weighted by molar-refractivity contribution is 7.99. The molecule has 31 heavy (non-hydrogen) atoms. The van der Waals surface area contributed by atoms with Crippen LogP contribution in [0.4, 0.5) is 0 Å². The van der Waals surface area contributed by atoms with Gasteiger partial charge in [0.2, 0.25) is 10.1 Å². The van der Waals surface area contributed by atoms with Crippen LogP contribution in [-0.2, 0) is 12.8 Å². The summed E-state index contributed by atoms with van der Waals surface area (Å²) in [4.78, 5) is 17.6. The number of hydrogen-bond acceptors (Lipinski definition) is 8. The molecule has 0 radical (unpaired) electrons. The van der Waals surface area contributed by atoms with E-state index in [0.29, 0.717) is 5.82 Å². The fourth-order valence-electron chi connectivity index (χ4n) is 4.17. The number of para-hydroxylation sites is 1. The molecule has 6 aromatic rings. The van der Waals surface area contributed by atoms with Gasteiger partial charge >= 0.3 is 0 Å². The van der Waals surface area contributed by atoms with Crippen molar-refractivity contribution in [1.82, 2.24) is 29.5 Å². The lowest BCUT2D eigenvalue weighted by molar-refractivity contribution is 0.914. The normalized spacial score (nSPS) is 13.5. The molecule has 6 nitrogen and oxygen atoms in total. The van der Waals surface area contributed by atoms with Crippen LogP contribution in [0.25, 0.3) is 36.8 Å². The van der Waals surface area contributed by atoms with Crippen molar-refractivity contribution in [1.29, 1.82) is 0 Å². The van der Waals surface area contributed by atoms with Crippen molar-refractivity contribution in [2.24, 2.45) is 0 Å². The number of nitrogens with zero attached hydrogens (tertiary/aromatic N) is 6. The zero-order valence-corrected chi connectivity index (χ0v) is 18.6. The fourth-order valence-corrected chi connectivity index (χ4v) is 7.50. The Morgan fingerprint density at radius 3 is 2.87 bits per heavy atom. The lowest BCUT2D eigenvalue weighted by Gasteiger charge is -2.06. The van der Waals surface area contributed by atoms with E-state index < -0.39 is 0 Å². The second kappa shape index (κ2) is 6.81. The van der Waals surface area contributed by atoms with Crippen molar-refractivity contribution >= 4 is 59.8 Å². The Balaban J connectivity index is 1.46. The van der Waals surface area contributed by atoms with E-state index in [0.717, 1.165) is 43.9 Å². The zero-order valence-electron chi connectivity index (χ0n) is 16.1. The summed E-state index contributed by atoms with van der Waals surface area (Å²) in [6.45, 7) is 0. The molecule has 0 unspecified atom stereocenters. The van der Waals surface area contributed by atoms with E-state index in [1.54, 1.807) is 40.6 Å². The Hall–Kier alpha value is -2.88. The van der Waals surface area contributed by atoms with E-state index in [1.807, 2.05) is 18.3 Å². The molecule has 0 amide bonds. The van der Waals surface area contributed by atoms with E-state index in [-0.39, 0.29) is 0 Å². The first-order chi connectivity index (χ1) is 15.3. The van der Waals surface area contributed by atoms with Gasteiger partial charge in [0.1, 0.15) is 9.86 Å². The highest BCUT2D eigenvalue weighted by Gasteiger charge is 2.24. The van der Waals surface area contributed by atoms with E-state index in [1.165, 1.54) is 26.9 Å². The van der Waals surface area contributed by atoms with Gasteiger partial charge in [0.15, 0.2) is 5.82 Å². The quantitative estimate of drug-likeness (QED) is 0.319. The zero-order chi connectivity index (χ0) is 20.4. The smallest absolute Gasteiger partial charge is 0.217 e. The van der Waals surface area contributed by atoms with Crippen LogP contribution in [0.15, 0.2) is 59.0 Å². The van der Waals surface area contributed by atoms with E-state index in [4.69, 9.17) is 9.97 Å². The molecule has 150 valence electrons. The van der Waals surface area contributed by atoms with Crippen LogP contribution in [0.1, 0.15) is 16.9 Å². The summed E-state index contributed by atoms with van der Waals surface area (Å²) < 4.78 is 3.34. The molecular weight excluding hydrogens is 444 g/mol. The number of thiazole rings is 1. The number of aryl methyl sites for hydroxylation is 2. The highest BCUT2D eigenvalue weighted by atomic mass is 32.2. The third-order valence-corrected chi connectivity index (χ3v) is 8.68. The molecular formula is C22H14N6S3. The van der Waals surface area contributed by atoms with Gasteiger partial charge in [0.05, 0.1) is 10.2 Å². The van der Waals surface area contributed by atoms with E-state index in [9.17, 15) is 0 Å². The molecule has 0 bridgehead atoms. The molecule has 9 heteroatoms. The number of pyridine rings is 1. The SMILES string of the molecule is c1cncc(-c2nc(Sc3nnc4sc5ccccc5n34)c3c4c(sc3n2)CCC4)c1. The van der Waals surface area contributed by atoms with Crippen LogP contribution in [0.5, 0.6) is 0 Å². The van der Waals surface area contributed by atoms with Gasteiger partial charge in [-0.05, 0) is 60.9 Å². The van der Waals surface area contributed by atoms with Gasteiger partial charge in [-0.2, -0.15) is 0 Å². The number of fused-ring (bicyclic) bond motifs is 6. The Labute approximate surface area is 189 Å². The minimum Gasteiger partial charge on any atom is -0.264 e. The van der Waals surface area contributed by atoms with Gasteiger partial charge in [-0.15, -0.1) is 21.5 Å². The predicted octanol–water partition coefficient (Wildman–Crippen LogP) is 5.65. The number of benzene rings is 1. The first kappa shape index (κ1) is 17.8. The highest BCUT2D eigenvalue weighted by Crippen LogP contribution is 2.43. The third kappa shape index (κ3) is 2.73.